The summed E-state index contributed by atoms with van der Waals surface area (Å²) in [4.78, 5) is 4.17. The highest BCUT2D eigenvalue weighted by molar-refractivity contribution is 7.13. The molecule has 0 aliphatic carbocycles. The minimum Gasteiger partial charge on any atom is -0.492 e. The van der Waals surface area contributed by atoms with E-state index in [9.17, 15) is 4.39 Å². The first-order valence-corrected chi connectivity index (χ1v) is 7.19. The van der Waals surface area contributed by atoms with E-state index in [4.69, 9.17) is 16.3 Å². The Kier molecular flexibility index (Phi) is 4.92. The predicted molar refractivity (Wildman–Crippen MR) is 80.6 cm³/mol. The number of hydrazone groups is 1. The van der Waals surface area contributed by atoms with E-state index >= 15 is 0 Å². The molecular formula is C13H13ClFN3OS. The maximum absolute atomic E-state index is 14.0. The minimum absolute atomic E-state index is 0.0408. The molecule has 106 valence electrons. The lowest BCUT2D eigenvalue weighted by Gasteiger charge is -2.07. The van der Waals surface area contributed by atoms with E-state index < -0.39 is 5.82 Å². The molecular weight excluding hydrogens is 301 g/mol. The van der Waals surface area contributed by atoms with E-state index in [1.165, 1.54) is 17.6 Å². The van der Waals surface area contributed by atoms with Crippen LogP contribution in [0.2, 0.25) is 5.02 Å². The van der Waals surface area contributed by atoms with Crippen molar-refractivity contribution in [2.75, 3.05) is 12.0 Å². The fourth-order valence-corrected chi connectivity index (χ4v) is 2.34. The first-order valence-electron chi connectivity index (χ1n) is 5.93. The molecule has 2 rings (SSSR count). The van der Waals surface area contributed by atoms with Gasteiger partial charge in [-0.15, -0.1) is 11.3 Å². The Balaban J connectivity index is 2.11. The Morgan fingerprint density at radius 1 is 1.55 bits per heavy atom. The zero-order chi connectivity index (χ0) is 14.5. The van der Waals surface area contributed by atoms with Gasteiger partial charge >= 0.3 is 0 Å². The van der Waals surface area contributed by atoms with Crippen LogP contribution in [0.25, 0.3) is 0 Å². The molecule has 4 nitrogen and oxygen atoms in total. The van der Waals surface area contributed by atoms with Crippen molar-refractivity contribution in [2.24, 2.45) is 5.10 Å². The highest BCUT2D eigenvalue weighted by Crippen LogP contribution is 2.29. The molecule has 0 unspecified atom stereocenters. The van der Waals surface area contributed by atoms with Crippen LogP contribution in [0.1, 0.15) is 18.2 Å². The van der Waals surface area contributed by atoms with Crippen LogP contribution in [-0.2, 0) is 0 Å². The number of hydrogen-bond acceptors (Lipinski definition) is 5. The van der Waals surface area contributed by atoms with Crippen LogP contribution in [0.15, 0.2) is 22.6 Å². The molecule has 1 aromatic carbocycles. The molecule has 20 heavy (non-hydrogen) atoms. The van der Waals surface area contributed by atoms with Crippen molar-refractivity contribution in [1.29, 1.82) is 0 Å². The number of aromatic nitrogens is 1. The van der Waals surface area contributed by atoms with Crippen molar-refractivity contribution in [1.82, 2.24) is 4.98 Å². The summed E-state index contributed by atoms with van der Waals surface area (Å²) in [5, 5.41) is 6.44. The van der Waals surface area contributed by atoms with Gasteiger partial charge in [0.2, 0.25) is 5.13 Å². The molecule has 0 aliphatic heterocycles. The standard InChI is InChI=1S/C13H13ClFN3OS/c1-3-19-10-5-4-9(12(15)11(10)14)6-16-18-13-17-8(2)7-20-13/h4-7H,3H2,1-2H3,(H,17,18). The molecule has 0 saturated carbocycles. The second-order valence-electron chi connectivity index (χ2n) is 3.88. The number of benzene rings is 1. The third kappa shape index (κ3) is 3.46. The average molecular weight is 314 g/mol. The molecule has 1 N–H and O–H groups in total. The highest BCUT2D eigenvalue weighted by atomic mass is 35.5. The first-order chi connectivity index (χ1) is 9.61. The van der Waals surface area contributed by atoms with E-state index in [0.29, 0.717) is 17.5 Å². The summed E-state index contributed by atoms with van der Waals surface area (Å²) in [6.45, 7) is 4.12. The quantitative estimate of drug-likeness (QED) is 0.668. The Hall–Kier alpha value is -1.66. The van der Waals surface area contributed by atoms with Crippen LogP contribution >= 0.6 is 22.9 Å². The lowest BCUT2D eigenvalue weighted by atomic mass is 10.2. The lowest BCUT2D eigenvalue weighted by molar-refractivity contribution is 0.338. The number of aryl methyl sites for hydroxylation is 1. The van der Waals surface area contributed by atoms with Crippen LogP contribution in [-0.4, -0.2) is 17.8 Å². The van der Waals surface area contributed by atoms with Gasteiger partial charge in [0, 0.05) is 10.9 Å². The van der Waals surface area contributed by atoms with Gasteiger partial charge in [-0.3, -0.25) is 5.43 Å². The van der Waals surface area contributed by atoms with Crippen LogP contribution in [0.4, 0.5) is 9.52 Å². The molecule has 0 fully saturated rings. The zero-order valence-corrected chi connectivity index (χ0v) is 12.6. The Labute approximate surface area is 125 Å². The molecule has 0 saturated heterocycles. The van der Waals surface area contributed by atoms with Crippen LogP contribution in [0, 0.1) is 12.7 Å². The maximum atomic E-state index is 14.0. The van der Waals surface area contributed by atoms with E-state index in [-0.39, 0.29) is 10.6 Å². The number of ether oxygens (including phenoxy) is 1. The van der Waals surface area contributed by atoms with Crippen LogP contribution in [0.3, 0.4) is 0 Å². The molecule has 0 spiro atoms. The number of rotatable bonds is 5. The summed E-state index contributed by atoms with van der Waals surface area (Å²) < 4.78 is 19.2. The summed E-state index contributed by atoms with van der Waals surface area (Å²) in [5.41, 5.74) is 3.92. The van der Waals surface area contributed by atoms with Gasteiger partial charge in [-0.1, -0.05) is 11.6 Å². The van der Waals surface area contributed by atoms with Gasteiger partial charge in [0.1, 0.15) is 10.8 Å². The van der Waals surface area contributed by atoms with E-state index in [0.717, 1.165) is 5.69 Å². The first kappa shape index (κ1) is 14.7. The van der Waals surface area contributed by atoms with Crippen molar-refractivity contribution in [3.05, 3.63) is 39.6 Å². The van der Waals surface area contributed by atoms with E-state index in [1.54, 1.807) is 12.1 Å². The smallest absolute Gasteiger partial charge is 0.203 e. The fraction of sp³-hybridized carbons (Fsp3) is 0.231. The summed E-state index contributed by atoms with van der Waals surface area (Å²) in [5.74, 6) is -0.231. The number of hydrogen-bond donors (Lipinski definition) is 1. The molecule has 0 radical (unpaired) electrons. The van der Waals surface area contributed by atoms with Gasteiger partial charge in [-0.2, -0.15) is 5.10 Å². The van der Waals surface area contributed by atoms with Gasteiger partial charge in [0.25, 0.3) is 0 Å². The third-order valence-corrected chi connectivity index (χ3v) is 3.58. The normalized spacial score (nSPS) is 11.0. The highest BCUT2D eigenvalue weighted by Gasteiger charge is 2.11. The second-order valence-corrected chi connectivity index (χ2v) is 5.11. The number of halogens is 2. The van der Waals surface area contributed by atoms with E-state index in [2.05, 4.69) is 15.5 Å². The topological polar surface area (TPSA) is 46.5 Å². The van der Waals surface area contributed by atoms with Crippen molar-refractivity contribution in [3.63, 3.8) is 0 Å². The Bertz CT molecular complexity index is 630. The zero-order valence-electron chi connectivity index (χ0n) is 11.0. The van der Waals surface area contributed by atoms with Crippen molar-refractivity contribution >= 4 is 34.3 Å². The van der Waals surface area contributed by atoms with Gasteiger partial charge in [0.15, 0.2) is 5.82 Å². The second kappa shape index (κ2) is 6.67. The monoisotopic (exact) mass is 313 g/mol. The van der Waals surface area contributed by atoms with Crippen LogP contribution < -0.4 is 10.2 Å². The number of thiazole rings is 1. The third-order valence-electron chi connectivity index (χ3n) is 2.36. The number of nitrogens with one attached hydrogen (secondary N) is 1. The van der Waals surface area contributed by atoms with Crippen molar-refractivity contribution < 1.29 is 9.13 Å². The summed E-state index contributed by atoms with van der Waals surface area (Å²) in [6, 6.07) is 3.17. The number of nitrogens with zero attached hydrogens (tertiary/aromatic N) is 2. The molecule has 1 aromatic heterocycles. The Morgan fingerprint density at radius 2 is 2.35 bits per heavy atom. The molecule has 7 heteroatoms. The molecule has 2 aromatic rings. The molecule has 0 atom stereocenters. The van der Waals surface area contributed by atoms with Gasteiger partial charge in [-0.05, 0) is 26.0 Å². The Morgan fingerprint density at radius 3 is 3.00 bits per heavy atom. The number of anilines is 1. The molecule has 0 bridgehead atoms. The van der Waals surface area contributed by atoms with Gasteiger partial charge in [-0.25, -0.2) is 9.37 Å². The van der Waals surface area contributed by atoms with E-state index in [1.807, 2.05) is 19.2 Å². The molecule has 0 amide bonds. The van der Waals surface area contributed by atoms with Crippen LogP contribution in [0.5, 0.6) is 5.75 Å². The summed E-state index contributed by atoms with van der Waals surface area (Å²) in [7, 11) is 0. The SMILES string of the molecule is CCOc1ccc(C=NNc2nc(C)cs2)c(F)c1Cl. The van der Waals surface area contributed by atoms with Crippen molar-refractivity contribution in [3.8, 4) is 5.75 Å². The lowest BCUT2D eigenvalue weighted by Crippen LogP contribution is -1.98. The molecule has 0 aliphatic rings. The average Bonchev–Trinajstić information content (AvgIpc) is 2.84. The maximum Gasteiger partial charge on any atom is 0.203 e. The minimum atomic E-state index is -0.557. The van der Waals surface area contributed by atoms with Crippen molar-refractivity contribution in [2.45, 2.75) is 13.8 Å². The summed E-state index contributed by atoms with van der Waals surface area (Å²) in [6.07, 6.45) is 1.35. The predicted octanol–water partition coefficient (Wildman–Crippen LogP) is 4.09. The summed E-state index contributed by atoms with van der Waals surface area (Å²) >= 11 is 7.31. The van der Waals surface area contributed by atoms with Gasteiger partial charge in [0.05, 0.1) is 18.5 Å². The van der Waals surface area contributed by atoms with Gasteiger partial charge < -0.3 is 4.74 Å². The fourth-order valence-electron chi connectivity index (χ4n) is 1.48. The largest absolute Gasteiger partial charge is 0.492 e. The molecule has 1 heterocycles.